The molecule has 3 unspecified atom stereocenters. The van der Waals surface area contributed by atoms with Gasteiger partial charge in [0.15, 0.2) is 0 Å². The average molecular weight is 521 g/mol. The first-order valence-corrected chi connectivity index (χ1v) is 19.6. The molecule has 0 amide bonds. The minimum absolute atomic E-state index is 0.00823. The molecule has 0 aliphatic carbocycles. The summed E-state index contributed by atoms with van der Waals surface area (Å²) in [5.74, 6) is 1.40. The third kappa shape index (κ3) is 6.19. The number of benzene rings is 1. The molecule has 2 nitrogen and oxygen atoms in total. The quantitative estimate of drug-likeness (QED) is 0.298. The molecule has 0 saturated carbocycles. The highest BCUT2D eigenvalue weighted by Crippen LogP contribution is 2.60. The molecule has 1 aromatic rings. The highest BCUT2D eigenvalue weighted by Gasteiger charge is 2.49. The van der Waals surface area contributed by atoms with E-state index in [1.165, 1.54) is 57.8 Å². The maximum atomic E-state index is 3.99. The third-order valence-corrected chi connectivity index (χ3v) is 15.8. The molecular weight excluding hydrogens is 466 g/mol. The van der Waals surface area contributed by atoms with E-state index in [1.54, 1.807) is 16.3 Å². The van der Waals surface area contributed by atoms with Crippen molar-refractivity contribution >= 4 is 30.4 Å². The molecule has 3 atom stereocenters. The van der Waals surface area contributed by atoms with Gasteiger partial charge in [-0.25, -0.2) is 0 Å². The van der Waals surface area contributed by atoms with Crippen LogP contribution in [0.4, 0.5) is 0 Å². The van der Waals surface area contributed by atoms with E-state index in [1.807, 2.05) is 0 Å². The zero-order valence-electron chi connectivity index (χ0n) is 23.8. The second-order valence-electron chi connectivity index (χ2n) is 14.0. The van der Waals surface area contributed by atoms with Crippen molar-refractivity contribution in [3.8, 4) is 0 Å². The Morgan fingerprint density at radius 3 is 1.74 bits per heavy atom. The van der Waals surface area contributed by atoms with Gasteiger partial charge in [0, 0.05) is 16.7 Å². The van der Waals surface area contributed by atoms with Crippen LogP contribution in [0.25, 0.3) is 0 Å². The van der Waals surface area contributed by atoms with Crippen LogP contribution < -0.4 is 15.8 Å². The summed E-state index contributed by atoms with van der Waals surface area (Å²) in [4.78, 5) is 0. The van der Waals surface area contributed by atoms with E-state index in [0.29, 0.717) is 11.6 Å². The molecule has 2 fully saturated rings. The lowest BCUT2D eigenvalue weighted by Crippen LogP contribution is -2.47. The topological polar surface area (TPSA) is 24.1 Å². The van der Waals surface area contributed by atoms with Crippen molar-refractivity contribution in [1.29, 1.82) is 0 Å². The van der Waals surface area contributed by atoms with Crippen molar-refractivity contribution in [3.05, 3.63) is 29.3 Å². The third-order valence-electron chi connectivity index (χ3n) is 8.48. The van der Waals surface area contributed by atoms with E-state index in [0.717, 1.165) is 0 Å². The van der Waals surface area contributed by atoms with E-state index < -0.39 is 8.07 Å². The fourth-order valence-corrected chi connectivity index (χ4v) is 11.1. The van der Waals surface area contributed by atoms with E-state index >= 15 is 0 Å². The molecule has 34 heavy (non-hydrogen) atoms. The number of nitrogens with one attached hydrogen (secondary N) is 2. The lowest BCUT2D eigenvalue weighted by Gasteiger charge is -2.53. The molecule has 2 N–H and O–H groups in total. The molecule has 0 radical (unpaired) electrons. The molecule has 194 valence electrons. The van der Waals surface area contributed by atoms with E-state index in [4.69, 9.17) is 0 Å². The Balaban J connectivity index is 2.14. The van der Waals surface area contributed by atoms with Crippen molar-refractivity contribution in [2.75, 3.05) is 13.1 Å². The van der Waals surface area contributed by atoms with Gasteiger partial charge in [-0.05, 0) is 66.9 Å². The second kappa shape index (κ2) is 10.9. The highest BCUT2D eigenvalue weighted by atomic mass is 31.1. The minimum atomic E-state index is -1.40. The van der Waals surface area contributed by atoms with Crippen LogP contribution in [0.3, 0.4) is 0 Å². The van der Waals surface area contributed by atoms with Crippen molar-refractivity contribution < 1.29 is 0 Å². The zero-order valence-corrected chi connectivity index (χ0v) is 26.8. The molecule has 2 aliphatic rings. The predicted molar refractivity (Wildman–Crippen MR) is 162 cm³/mol. The van der Waals surface area contributed by atoms with E-state index in [9.17, 15) is 0 Å². The van der Waals surface area contributed by atoms with Gasteiger partial charge in [-0.3, -0.25) is 0 Å². The van der Waals surface area contributed by atoms with Crippen molar-refractivity contribution in [2.24, 2.45) is 10.8 Å². The summed E-state index contributed by atoms with van der Waals surface area (Å²) in [6.07, 6.45) is 9.44. The highest BCUT2D eigenvalue weighted by molar-refractivity contribution is 7.58. The Morgan fingerprint density at radius 1 is 0.853 bits per heavy atom. The first-order valence-electron chi connectivity index (χ1n) is 13.8. The van der Waals surface area contributed by atoms with Gasteiger partial charge in [0.25, 0.3) is 0 Å². The molecule has 0 bridgehead atoms. The van der Waals surface area contributed by atoms with E-state index in [2.05, 4.69) is 99.3 Å². The Labute approximate surface area is 216 Å². The largest absolute Gasteiger partial charge is 0.310 e. The fourth-order valence-electron chi connectivity index (χ4n) is 6.38. The maximum Gasteiger partial charge on any atom is 0.0776 e. The van der Waals surface area contributed by atoms with Gasteiger partial charge in [-0.15, -0.1) is 9.24 Å². The SMILES string of the molecule is CC(C)(C)C(P)(c1ccc([Si](C)(C)C)cc1CP(C1CCCCN1)C1CCCCN1)C(C)(C)C. The Hall–Kier alpha value is 0.217. The Bertz CT molecular complexity index is 775. The number of hydrogen-bond acceptors (Lipinski definition) is 2. The van der Waals surface area contributed by atoms with Crippen LogP contribution in [0.1, 0.15) is 91.2 Å². The van der Waals surface area contributed by atoms with Crippen molar-refractivity contribution in [2.45, 2.75) is 123 Å². The second-order valence-corrected chi connectivity index (χ2v) is 22.6. The van der Waals surface area contributed by atoms with Crippen molar-refractivity contribution in [3.63, 3.8) is 0 Å². The van der Waals surface area contributed by atoms with Gasteiger partial charge in [-0.2, -0.15) is 0 Å². The Morgan fingerprint density at radius 2 is 1.35 bits per heavy atom. The average Bonchev–Trinajstić information content (AvgIpc) is 2.76. The fraction of sp³-hybridized carbons (Fsp3) is 0.793. The summed E-state index contributed by atoms with van der Waals surface area (Å²) in [5.41, 5.74) is 3.50. The summed E-state index contributed by atoms with van der Waals surface area (Å²) < 4.78 is 0. The van der Waals surface area contributed by atoms with Gasteiger partial charge in [0.1, 0.15) is 0 Å². The standard InChI is InChI=1S/C29H54N2P2Si/c1-27(2,3)29(32,28(4,5)6)24-17-16-23(34(7,8)9)20-22(24)21-33(25-14-10-12-18-30-25)26-15-11-13-19-31-26/h16-17,20,25-26,30-31H,10-15,18-19,21,32H2,1-9H3. The summed E-state index contributed by atoms with van der Waals surface area (Å²) in [5, 5.41) is 9.61. The number of rotatable bonds is 6. The lowest BCUT2D eigenvalue weighted by atomic mass is 9.62. The van der Waals surface area contributed by atoms with Gasteiger partial charge < -0.3 is 10.6 Å². The first-order chi connectivity index (χ1) is 15.7. The van der Waals surface area contributed by atoms with Crippen LogP contribution in [-0.4, -0.2) is 32.7 Å². The number of hydrogen-bond donors (Lipinski definition) is 2. The van der Waals surface area contributed by atoms with Gasteiger partial charge in [-0.1, -0.05) is 105 Å². The van der Waals surface area contributed by atoms with Gasteiger partial charge in [0.05, 0.1) is 8.07 Å². The lowest BCUT2D eigenvalue weighted by molar-refractivity contribution is 0.139. The van der Waals surface area contributed by atoms with Gasteiger partial charge >= 0.3 is 0 Å². The molecule has 2 heterocycles. The Kier molecular flexibility index (Phi) is 9.24. The molecule has 2 aliphatic heterocycles. The summed E-state index contributed by atoms with van der Waals surface area (Å²) in [6, 6.07) is 7.70. The molecular formula is C29H54N2P2Si. The van der Waals surface area contributed by atoms with Crippen LogP contribution in [0.2, 0.25) is 19.6 Å². The molecule has 1 aromatic carbocycles. The van der Waals surface area contributed by atoms with Crippen molar-refractivity contribution in [1.82, 2.24) is 10.6 Å². The first kappa shape index (κ1) is 28.8. The smallest absolute Gasteiger partial charge is 0.0776 e. The van der Waals surface area contributed by atoms with Crippen LogP contribution in [0, 0.1) is 10.8 Å². The summed E-state index contributed by atoms with van der Waals surface area (Å²) in [7, 11) is 1.82. The molecule has 3 rings (SSSR count). The zero-order chi connectivity index (χ0) is 25.4. The normalized spacial score (nSPS) is 24.2. The van der Waals surface area contributed by atoms with E-state index in [-0.39, 0.29) is 23.9 Å². The van der Waals surface area contributed by atoms with Crippen LogP contribution in [-0.2, 0) is 11.3 Å². The number of piperidine rings is 2. The van der Waals surface area contributed by atoms with Crippen LogP contribution >= 0.6 is 17.2 Å². The maximum absolute atomic E-state index is 3.99. The molecule has 5 heteroatoms. The predicted octanol–water partition coefficient (Wildman–Crippen LogP) is 7.58. The van der Waals surface area contributed by atoms with Gasteiger partial charge in [0.2, 0.25) is 0 Å². The molecule has 2 saturated heterocycles. The molecule has 0 aromatic heterocycles. The minimum Gasteiger partial charge on any atom is -0.310 e. The summed E-state index contributed by atoms with van der Waals surface area (Å²) in [6.45, 7) is 24.6. The monoisotopic (exact) mass is 520 g/mol. The molecule has 0 spiro atoms. The summed E-state index contributed by atoms with van der Waals surface area (Å²) >= 11 is 0. The van der Waals surface area contributed by atoms with Crippen LogP contribution in [0.15, 0.2) is 18.2 Å². The van der Waals surface area contributed by atoms with Crippen LogP contribution in [0.5, 0.6) is 0 Å².